The molecule has 2 aromatic carbocycles. The number of hydrogen-bond acceptors (Lipinski definition) is 6. The first-order valence-electron chi connectivity index (χ1n) is 13.7. The third kappa shape index (κ3) is 6.50. The minimum atomic E-state index is -3.32. The maximum Gasteiger partial charge on any atom is 0.325 e. The number of piperidine rings is 1. The van der Waals surface area contributed by atoms with Crippen LogP contribution in [0, 0.1) is 5.92 Å². The van der Waals surface area contributed by atoms with Gasteiger partial charge in [0.25, 0.3) is 5.91 Å². The van der Waals surface area contributed by atoms with Gasteiger partial charge in [0.05, 0.1) is 17.5 Å². The molecular weight excluding hydrogens is 552 g/mol. The largest absolute Gasteiger partial charge is 0.349 e. The van der Waals surface area contributed by atoms with Crippen molar-refractivity contribution < 1.29 is 22.8 Å². The summed E-state index contributed by atoms with van der Waals surface area (Å²) in [5.41, 5.74) is 0.880. The van der Waals surface area contributed by atoms with Gasteiger partial charge in [0.2, 0.25) is 5.91 Å². The lowest BCUT2D eigenvalue weighted by atomic mass is 9.84. The van der Waals surface area contributed by atoms with E-state index in [2.05, 4.69) is 15.5 Å². The highest BCUT2D eigenvalue weighted by atomic mass is 35.5. The summed E-state index contributed by atoms with van der Waals surface area (Å²) in [5.74, 6) is 0.0379. The second kappa shape index (κ2) is 12.3. The Balaban J connectivity index is 0.00000370. The fourth-order valence-corrected chi connectivity index (χ4v) is 6.25. The van der Waals surface area contributed by atoms with Crippen LogP contribution in [-0.4, -0.2) is 67.5 Å². The van der Waals surface area contributed by atoms with Gasteiger partial charge in [0.15, 0.2) is 9.84 Å². The van der Waals surface area contributed by atoms with Crippen LogP contribution in [0.25, 0.3) is 0 Å². The van der Waals surface area contributed by atoms with Crippen molar-refractivity contribution in [2.45, 2.75) is 61.5 Å². The van der Waals surface area contributed by atoms with Crippen molar-refractivity contribution in [1.29, 1.82) is 0 Å². The highest BCUT2D eigenvalue weighted by Gasteiger charge is 2.52. The van der Waals surface area contributed by atoms with E-state index in [1.54, 1.807) is 12.1 Å². The van der Waals surface area contributed by atoms with Gasteiger partial charge in [-0.05, 0) is 55.4 Å². The van der Waals surface area contributed by atoms with Crippen LogP contribution in [0.4, 0.5) is 4.79 Å². The Bertz CT molecular complexity index is 1320. The van der Waals surface area contributed by atoms with E-state index in [4.69, 9.17) is 0 Å². The van der Waals surface area contributed by atoms with E-state index >= 15 is 0 Å². The standard InChI is InChI=1S/C29H36N4O5S.ClH/c1-39(37,38)24-12-10-21(11-13-24)20-33-27(35)29(31-28(33)36)15-18-32(19-16-29)17-14-25(22-6-3-2-4-7-22)30-26(34)23-8-5-9-23;/h2-4,6-7,10-13,23,25H,5,8-9,14-20H2,1H3,(H,30,34)(H,31,36);1H/t25-;/m0./s1. The summed E-state index contributed by atoms with van der Waals surface area (Å²) < 4.78 is 23.4. The average Bonchev–Trinajstić information content (AvgIpc) is 3.10. The van der Waals surface area contributed by atoms with Crippen LogP contribution >= 0.6 is 12.4 Å². The van der Waals surface area contributed by atoms with Gasteiger partial charge in [0, 0.05) is 31.8 Å². The molecule has 1 atom stereocenters. The molecule has 1 aliphatic carbocycles. The van der Waals surface area contributed by atoms with Crippen molar-refractivity contribution in [2.24, 2.45) is 5.92 Å². The number of sulfone groups is 1. The van der Waals surface area contributed by atoms with Crippen LogP contribution in [0.5, 0.6) is 0 Å². The molecule has 0 bridgehead atoms. The molecule has 3 fully saturated rings. The predicted molar refractivity (Wildman–Crippen MR) is 154 cm³/mol. The van der Waals surface area contributed by atoms with E-state index in [9.17, 15) is 22.8 Å². The molecule has 2 N–H and O–H groups in total. The summed E-state index contributed by atoms with van der Waals surface area (Å²) in [6.07, 6.45) is 5.99. The molecule has 1 saturated carbocycles. The molecule has 5 rings (SSSR count). The van der Waals surface area contributed by atoms with Gasteiger partial charge in [-0.25, -0.2) is 13.2 Å². The van der Waals surface area contributed by atoms with Crippen LogP contribution in [0.2, 0.25) is 0 Å². The van der Waals surface area contributed by atoms with Gasteiger partial charge in [-0.1, -0.05) is 48.9 Å². The Morgan fingerprint density at radius 1 is 1.05 bits per heavy atom. The Morgan fingerprint density at radius 2 is 1.70 bits per heavy atom. The molecule has 4 amide bonds. The number of amides is 4. The van der Waals surface area contributed by atoms with Crippen LogP contribution in [0.15, 0.2) is 59.5 Å². The molecule has 2 aliphatic heterocycles. The lowest BCUT2D eigenvalue weighted by molar-refractivity contribution is -0.133. The van der Waals surface area contributed by atoms with Gasteiger partial charge in [-0.15, -0.1) is 12.4 Å². The van der Waals surface area contributed by atoms with E-state index in [-0.39, 0.29) is 47.6 Å². The third-order valence-corrected chi connectivity index (χ3v) is 9.50. The Kier molecular flexibility index (Phi) is 9.22. The van der Waals surface area contributed by atoms with Crippen molar-refractivity contribution >= 4 is 40.1 Å². The van der Waals surface area contributed by atoms with Crippen LogP contribution in [0.3, 0.4) is 0 Å². The molecule has 3 aliphatic rings. The zero-order chi connectivity index (χ0) is 27.6. The molecule has 9 nitrogen and oxygen atoms in total. The molecular formula is C29H37ClN4O5S. The normalized spacial score (nSPS) is 20.0. The van der Waals surface area contributed by atoms with E-state index < -0.39 is 21.4 Å². The Labute approximate surface area is 242 Å². The zero-order valence-electron chi connectivity index (χ0n) is 22.7. The lowest BCUT2D eigenvalue weighted by Crippen LogP contribution is -2.55. The molecule has 0 aromatic heterocycles. The number of imide groups is 1. The monoisotopic (exact) mass is 588 g/mol. The van der Waals surface area contributed by atoms with Crippen LogP contribution in [-0.2, 0) is 26.0 Å². The number of nitrogens with one attached hydrogen (secondary N) is 2. The van der Waals surface area contributed by atoms with Crippen molar-refractivity contribution in [3.8, 4) is 0 Å². The van der Waals surface area contributed by atoms with Crippen molar-refractivity contribution in [3.63, 3.8) is 0 Å². The van der Waals surface area contributed by atoms with Crippen molar-refractivity contribution in [2.75, 3.05) is 25.9 Å². The third-order valence-electron chi connectivity index (χ3n) is 8.38. The molecule has 0 radical (unpaired) electrons. The van der Waals surface area contributed by atoms with Crippen molar-refractivity contribution in [1.82, 2.24) is 20.4 Å². The van der Waals surface area contributed by atoms with E-state index in [1.807, 2.05) is 30.3 Å². The van der Waals surface area contributed by atoms with Gasteiger partial charge in [0.1, 0.15) is 5.54 Å². The van der Waals surface area contributed by atoms with Gasteiger partial charge >= 0.3 is 6.03 Å². The number of rotatable bonds is 9. The van der Waals surface area contributed by atoms with E-state index in [0.29, 0.717) is 31.5 Å². The Hall–Kier alpha value is -2.95. The lowest BCUT2D eigenvalue weighted by Gasteiger charge is -2.38. The minimum Gasteiger partial charge on any atom is -0.349 e. The van der Waals surface area contributed by atoms with Gasteiger partial charge in [-0.2, -0.15) is 0 Å². The molecule has 2 aromatic rings. The number of carbonyl (C=O) groups is 3. The molecule has 0 unspecified atom stereocenters. The SMILES string of the molecule is CS(=O)(=O)c1ccc(CN2C(=O)NC3(CCN(CC[C@H](NC(=O)C4CCC4)c4ccccc4)CC3)C2=O)cc1.Cl. The fraction of sp³-hybridized carbons (Fsp3) is 0.483. The number of carbonyl (C=O) groups excluding carboxylic acids is 3. The highest BCUT2D eigenvalue weighted by molar-refractivity contribution is 7.90. The second-order valence-corrected chi connectivity index (χ2v) is 13.1. The average molecular weight is 589 g/mol. The second-order valence-electron chi connectivity index (χ2n) is 11.0. The molecule has 2 heterocycles. The molecule has 216 valence electrons. The summed E-state index contributed by atoms with van der Waals surface area (Å²) in [6.45, 7) is 2.21. The minimum absolute atomic E-state index is 0. The maximum atomic E-state index is 13.4. The number of benzene rings is 2. The first-order valence-corrected chi connectivity index (χ1v) is 15.5. The van der Waals surface area contributed by atoms with E-state index in [0.717, 1.165) is 44.0 Å². The summed E-state index contributed by atoms with van der Waals surface area (Å²) >= 11 is 0. The summed E-state index contributed by atoms with van der Waals surface area (Å²) in [4.78, 5) is 42.6. The van der Waals surface area contributed by atoms with E-state index in [1.165, 1.54) is 17.0 Å². The topological polar surface area (TPSA) is 116 Å². The van der Waals surface area contributed by atoms with Gasteiger partial charge in [-0.3, -0.25) is 14.5 Å². The first kappa shape index (κ1) is 30.0. The molecule has 1 spiro atoms. The van der Waals surface area contributed by atoms with Crippen LogP contribution < -0.4 is 10.6 Å². The van der Waals surface area contributed by atoms with Crippen LogP contribution in [0.1, 0.15) is 55.7 Å². The molecule has 2 saturated heterocycles. The first-order chi connectivity index (χ1) is 18.6. The molecule has 40 heavy (non-hydrogen) atoms. The number of likely N-dealkylation sites (tertiary alicyclic amines) is 1. The summed E-state index contributed by atoms with van der Waals surface area (Å²) in [7, 11) is -3.32. The fourth-order valence-electron chi connectivity index (χ4n) is 5.62. The summed E-state index contributed by atoms with van der Waals surface area (Å²) in [5, 5.41) is 6.21. The molecule has 11 heteroatoms. The summed E-state index contributed by atoms with van der Waals surface area (Å²) in [6, 6.07) is 15.8. The number of nitrogens with zero attached hydrogens (tertiary/aromatic N) is 2. The van der Waals surface area contributed by atoms with Gasteiger partial charge < -0.3 is 15.5 Å². The smallest absolute Gasteiger partial charge is 0.325 e. The predicted octanol–water partition coefficient (Wildman–Crippen LogP) is 3.45. The number of halogens is 1. The van der Waals surface area contributed by atoms with Crippen molar-refractivity contribution in [3.05, 3.63) is 65.7 Å². The Morgan fingerprint density at radius 3 is 2.27 bits per heavy atom. The highest BCUT2D eigenvalue weighted by Crippen LogP contribution is 2.32. The quantitative estimate of drug-likeness (QED) is 0.434. The number of hydrogen-bond donors (Lipinski definition) is 2. The zero-order valence-corrected chi connectivity index (χ0v) is 24.3. The maximum absolute atomic E-state index is 13.4. The number of urea groups is 1.